The number of carbonyl (C=O) groups is 2. The number of benzene rings is 1. The first-order valence-corrected chi connectivity index (χ1v) is 9.74. The fourth-order valence-electron chi connectivity index (χ4n) is 3.37. The van der Waals surface area contributed by atoms with Crippen molar-refractivity contribution in [3.8, 4) is 0 Å². The Labute approximate surface area is 162 Å². The van der Waals surface area contributed by atoms with E-state index in [1.807, 2.05) is 31.7 Å². The molecule has 1 amide bonds. The molecule has 0 bridgehead atoms. The molecule has 6 nitrogen and oxygen atoms in total. The van der Waals surface area contributed by atoms with E-state index in [4.69, 9.17) is 4.74 Å². The van der Waals surface area contributed by atoms with Gasteiger partial charge in [-0.2, -0.15) is 0 Å². The van der Waals surface area contributed by atoms with Crippen molar-refractivity contribution in [2.45, 2.75) is 65.1 Å². The quantitative estimate of drug-likeness (QED) is 0.813. The Morgan fingerprint density at radius 2 is 2.00 bits per heavy atom. The zero-order valence-electron chi connectivity index (χ0n) is 16.9. The van der Waals surface area contributed by atoms with Gasteiger partial charge in [-0.05, 0) is 44.9 Å². The van der Waals surface area contributed by atoms with Gasteiger partial charge in [0, 0.05) is 32.2 Å². The fraction of sp³-hybridized carbons (Fsp3) is 0.619. The van der Waals surface area contributed by atoms with E-state index in [1.54, 1.807) is 18.2 Å². The first kappa shape index (κ1) is 21.2. The minimum absolute atomic E-state index is 0.121. The molecule has 150 valence electrons. The lowest BCUT2D eigenvalue weighted by Crippen LogP contribution is -2.55. The molecule has 1 heterocycles. The minimum Gasteiger partial charge on any atom is -0.478 e. The highest BCUT2D eigenvalue weighted by atomic mass is 16.6. The summed E-state index contributed by atoms with van der Waals surface area (Å²) in [6.45, 7) is 10.6. The van der Waals surface area contributed by atoms with E-state index in [9.17, 15) is 14.7 Å². The summed E-state index contributed by atoms with van der Waals surface area (Å²) in [5.74, 6) is -0.910. The highest BCUT2D eigenvalue weighted by molar-refractivity contribution is 5.87. The van der Waals surface area contributed by atoms with Crippen LogP contribution in [-0.4, -0.2) is 58.2 Å². The maximum Gasteiger partial charge on any atom is 0.410 e. The summed E-state index contributed by atoms with van der Waals surface area (Å²) in [4.78, 5) is 27.9. The Hall–Kier alpha value is -2.08. The van der Waals surface area contributed by atoms with Gasteiger partial charge in [0.2, 0.25) is 0 Å². The number of hydrogen-bond acceptors (Lipinski definition) is 4. The monoisotopic (exact) mass is 376 g/mol. The number of hydrogen-bond donors (Lipinski definition) is 1. The van der Waals surface area contributed by atoms with Gasteiger partial charge >= 0.3 is 12.1 Å². The van der Waals surface area contributed by atoms with Gasteiger partial charge in [0.05, 0.1) is 5.56 Å². The van der Waals surface area contributed by atoms with Gasteiger partial charge in [-0.1, -0.05) is 31.9 Å². The molecule has 0 unspecified atom stereocenters. The molecule has 6 heteroatoms. The number of aromatic carboxylic acids is 1. The summed E-state index contributed by atoms with van der Waals surface area (Å²) in [5.41, 5.74) is 0.790. The smallest absolute Gasteiger partial charge is 0.410 e. The third-order valence-electron chi connectivity index (χ3n) is 4.67. The van der Waals surface area contributed by atoms with E-state index in [0.717, 1.165) is 37.9 Å². The van der Waals surface area contributed by atoms with Crippen molar-refractivity contribution < 1.29 is 19.4 Å². The number of ether oxygens (including phenoxy) is 1. The predicted molar refractivity (Wildman–Crippen MR) is 105 cm³/mol. The molecule has 0 aliphatic carbocycles. The first-order chi connectivity index (χ1) is 12.7. The molecule has 2 rings (SSSR count). The van der Waals surface area contributed by atoms with Crippen molar-refractivity contribution >= 4 is 12.1 Å². The molecule has 1 N–H and O–H groups in total. The molecule has 1 aliphatic rings. The molecule has 0 aromatic heterocycles. The third-order valence-corrected chi connectivity index (χ3v) is 4.67. The number of amides is 1. The number of carboxylic acid groups (broad SMARTS) is 1. The van der Waals surface area contributed by atoms with Crippen LogP contribution in [0.1, 0.15) is 62.9 Å². The Balaban J connectivity index is 2.05. The van der Waals surface area contributed by atoms with E-state index in [0.29, 0.717) is 18.7 Å². The molecule has 1 aromatic carbocycles. The molecule has 1 aliphatic heterocycles. The van der Waals surface area contributed by atoms with Gasteiger partial charge in [0.15, 0.2) is 0 Å². The van der Waals surface area contributed by atoms with Crippen LogP contribution < -0.4 is 0 Å². The molecule has 0 saturated carbocycles. The van der Waals surface area contributed by atoms with Crippen molar-refractivity contribution in [3.05, 3.63) is 35.4 Å². The summed E-state index contributed by atoms with van der Waals surface area (Å²) in [6, 6.07) is 7.19. The van der Waals surface area contributed by atoms with Gasteiger partial charge in [-0.25, -0.2) is 9.59 Å². The molecule has 27 heavy (non-hydrogen) atoms. The fourth-order valence-corrected chi connectivity index (χ4v) is 3.37. The summed E-state index contributed by atoms with van der Waals surface area (Å²) < 4.78 is 5.59. The van der Waals surface area contributed by atoms with Crippen LogP contribution in [-0.2, 0) is 11.3 Å². The summed E-state index contributed by atoms with van der Waals surface area (Å²) in [5, 5.41) is 9.17. The SMILES string of the molecule is CCCC[C@H]1CN(Cc2cccc(C(=O)O)c2)CCN1C(=O)OC(C)(C)C. The Morgan fingerprint density at radius 3 is 2.63 bits per heavy atom. The summed E-state index contributed by atoms with van der Waals surface area (Å²) in [7, 11) is 0. The second-order valence-corrected chi connectivity index (χ2v) is 8.21. The topological polar surface area (TPSA) is 70.1 Å². The van der Waals surface area contributed by atoms with Crippen LogP contribution >= 0.6 is 0 Å². The van der Waals surface area contributed by atoms with E-state index >= 15 is 0 Å². The summed E-state index contributed by atoms with van der Waals surface area (Å²) in [6.07, 6.45) is 2.85. The maximum absolute atomic E-state index is 12.6. The molecule has 1 aromatic rings. The molecular formula is C21H32N2O4. The number of nitrogens with zero attached hydrogens (tertiary/aromatic N) is 2. The van der Waals surface area contributed by atoms with E-state index in [1.165, 1.54) is 0 Å². The average molecular weight is 376 g/mol. The van der Waals surface area contributed by atoms with Gasteiger partial charge in [-0.3, -0.25) is 4.90 Å². The maximum atomic E-state index is 12.6. The lowest BCUT2D eigenvalue weighted by Gasteiger charge is -2.42. The lowest BCUT2D eigenvalue weighted by molar-refractivity contribution is -0.00412. The largest absolute Gasteiger partial charge is 0.478 e. The third kappa shape index (κ3) is 6.54. The summed E-state index contributed by atoms with van der Waals surface area (Å²) >= 11 is 0. The van der Waals surface area contributed by atoms with Gasteiger partial charge < -0.3 is 14.7 Å². The zero-order chi connectivity index (χ0) is 20.0. The van der Waals surface area contributed by atoms with Crippen LogP contribution in [0, 0.1) is 0 Å². The van der Waals surface area contributed by atoms with Gasteiger partial charge in [-0.15, -0.1) is 0 Å². The van der Waals surface area contributed by atoms with Crippen molar-refractivity contribution in [1.29, 1.82) is 0 Å². The van der Waals surface area contributed by atoms with Crippen molar-refractivity contribution in [2.24, 2.45) is 0 Å². The lowest BCUT2D eigenvalue weighted by atomic mass is 10.0. The number of unbranched alkanes of at least 4 members (excludes halogenated alkanes) is 1. The van der Waals surface area contributed by atoms with Crippen molar-refractivity contribution in [3.63, 3.8) is 0 Å². The molecule has 1 atom stereocenters. The number of rotatable bonds is 6. The number of carboxylic acids is 1. The van der Waals surface area contributed by atoms with Crippen LogP contribution in [0.3, 0.4) is 0 Å². The van der Waals surface area contributed by atoms with Crippen LogP contribution in [0.25, 0.3) is 0 Å². The number of piperazine rings is 1. The van der Waals surface area contributed by atoms with Gasteiger partial charge in [0.25, 0.3) is 0 Å². The first-order valence-electron chi connectivity index (χ1n) is 9.74. The zero-order valence-corrected chi connectivity index (χ0v) is 16.9. The second-order valence-electron chi connectivity index (χ2n) is 8.21. The van der Waals surface area contributed by atoms with E-state index in [-0.39, 0.29) is 12.1 Å². The molecule has 0 radical (unpaired) electrons. The number of carbonyl (C=O) groups excluding carboxylic acids is 1. The normalized spacial score (nSPS) is 18.4. The van der Waals surface area contributed by atoms with Crippen molar-refractivity contribution in [2.75, 3.05) is 19.6 Å². The minimum atomic E-state index is -0.910. The Bertz CT molecular complexity index is 654. The van der Waals surface area contributed by atoms with E-state index in [2.05, 4.69) is 11.8 Å². The van der Waals surface area contributed by atoms with Gasteiger partial charge in [0.1, 0.15) is 5.60 Å². The average Bonchev–Trinajstić information content (AvgIpc) is 2.58. The molecule has 1 fully saturated rings. The van der Waals surface area contributed by atoms with Crippen LogP contribution in [0.15, 0.2) is 24.3 Å². The van der Waals surface area contributed by atoms with Crippen LogP contribution in [0.4, 0.5) is 4.79 Å². The second kappa shape index (κ2) is 9.22. The molecule has 0 spiro atoms. The van der Waals surface area contributed by atoms with Crippen molar-refractivity contribution in [1.82, 2.24) is 9.80 Å². The van der Waals surface area contributed by atoms with E-state index < -0.39 is 11.6 Å². The van der Waals surface area contributed by atoms with Crippen LogP contribution in [0.2, 0.25) is 0 Å². The standard InChI is InChI=1S/C21H32N2O4/c1-5-6-10-18-15-22(11-12-23(18)20(26)27-21(2,3)4)14-16-8-7-9-17(13-16)19(24)25/h7-9,13,18H,5-6,10-12,14-15H2,1-4H3,(H,24,25)/t18-/m0/s1. The molecule has 1 saturated heterocycles. The highest BCUT2D eigenvalue weighted by Gasteiger charge is 2.32. The van der Waals surface area contributed by atoms with Crippen LogP contribution in [0.5, 0.6) is 0 Å². The highest BCUT2D eigenvalue weighted by Crippen LogP contribution is 2.21. The Kier molecular flexibility index (Phi) is 7.25. The Morgan fingerprint density at radius 1 is 1.26 bits per heavy atom. The molecular weight excluding hydrogens is 344 g/mol. The predicted octanol–water partition coefficient (Wildman–Crippen LogP) is 4.00.